The zero-order chi connectivity index (χ0) is 14.3. The van der Waals surface area contributed by atoms with Crippen molar-refractivity contribution < 1.29 is 19.1 Å². The van der Waals surface area contributed by atoms with Crippen LogP contribution in [0.25, 0.3) is 0 Å². The molecule has 3 aliphatic rings. The maximum absolute atomic E-state index is 12.3. The van der Waals surface area contributed by atoms with Gasteiger partial charge in [-0.1, -0.05) is 12.2 Å². The minimum Gasteiger partial charge on any atom is -0.450 e. The molecule has 3 amide bonds. The molecule has 4 unspecified atom stereocenters. The van der Waals surface area contributed by atoms with Gasteiger partial charge in [-0.3, -0.25) is 14.5 Å². The maximum Gasteiger partial charge on any atom is 0.407 e. The van der Waals surface area contributed by atoms with Crippen LogP contribution in [0.1, 0.15) is 13.3 Å². The first-order valence-corrected chi connectivity index (χ1v) is 7.07. The third-order valence-corrected chi connectivity index (χ3v) is 4.44. The lowest BCUT2D eigenvalue weighted by Gasteiger charge is -2.17. The van der Waals surface area contributed by atoms with Crippen molar-refractivity contribution >= 4 is 17.9 Å². The third kappa shape index (κ3) is 1.90. The van der Waals surface area contributed by atoms with Crippen LogP contribution in [-0.2, 0) is 14.3 Å². The van der Waals surface area contributed by atoms with Crippen LogP contribution in [0.4, 0.5) is 4.79 Å². The van der Waals surface area contributed by atoms with Gasteiger partial charge in [0.2, 0.25) is 11.8 Å². The number of carbonyl (C=O) groups excluding carboxylic acids is 3. The maximum atomic E-state index is 12.3. The zero-order valence-electron chi connectivity index (χ0n) is 11.4. The highest BCUT2D eigenvalue weighted by Gasteiger charge is 2.58. The molecular weight excluding hydrogens is 260 g/mol. The molecule has 108 valence electrons. The van der Waals surface area contributed by atoms with Gasteiger partial charge in [-0.25, -0.2) is 4.79 Å². The Morgan fingerprint density at radius 1 is 1.30 bits per heavy atom. The monoisotopic (exact) mass is 278 g/mol. The number of carbonyl (C=O) groups is 3. The quantitative estimate of drug-likeness (QED) is 0.601. The predicted molar refractivity (Wildman–Crippen MR) is 69.5 cm³/mol. The highest BCUT2D eigenvalue weighted by Crippen LogP contribution is 2.52. The molecule has 2 bridgehead atoms. The van der Waals surface area contributed by atoms with Gasteiger partial charge < -0.3 is 10.1 Å². The lowest BCUT2D eigenvalue weighted by Crippen LogP contribution is -2.39. The fraction of sp³-hybridized carbons (Fsp3) is 0.643. The molecule has 0 aromatic heterocycles. The van der Waals surface area contributed by atoms with E-state index < -0.39 is 6.09 Å². The molecule has 0 aromatic rings. The average molecular weight is 278 g/mol. The molecule has 0 radical (unpaired) electrons. The van der Waals surface area contributed by atoms with E-state index in [4.69, 9.17) is 4.74 Å². The van der Waals surface area contributed by atoms with Crippen LogP contribution in [0.5, 0.6) is 0 Å². The molecule has 1 saturated heterocycles. The summed E-state index contributed by atoms with van der Waals surface area (Å²) in [5.41, 5.74) is 0. The van der Waals surface area contributed by atoms with E-state index in [1.54, 1.807) is 6.92 Å². The fourth-order valence-electron chi connectivity index (χ4n) is 3.64. The molecule has 1 N–H and O–H groups in total. The van der Waals surface area contributed by atoms with Crippen molar-refractivity contribution in [2.75, 3.05) is 19.7 Å². The summed E-state index contributed by atoms with van der Waals surface area (Å²) in [6.45, 7) is 2.48. The van der Waals surface area contributed by atoms with Crippen molar-refractivity contribution in [3.63, 3.8) is 0 Å². The van der Waals surface area contributed by atoms with Crippen LogP contribution in [0, 0.1) is 23.7 Å². The van der Waals surface area contributed by atoms with Gasteiger partial charge in [0.05, 0.1) is 18.4 Å². The fourth-order valence-corrected chi connectivity index (χ4v) is 3.64. The Morgan fingerprint density at radius 3 is 2.45 bits per heavy atom. The largest absolute Gasteiger partial charge is 0.450 e. The zero-order valence-corrected chi connectivity index (χ0v) is 11.4. The number of allylic oxidation sites excluding steroid dienone is 2. The van der Waals surface area contributed by atoms with Crippen molar-refractivity contribution in [3.8, 4) is 0 Å². The van der Waals surface area contributed by atoms with E-state index in [9.17, 15) is 14.4 Å². The van der Waals surface area contributed by atoms with Gasteiger partial charge in [-0.05, 0) is 25.2 Å². The molecule has 20 heavy (non-hydrogen) atoms. The van der Waals surface area contributed by atoms with Crippen molar-refractivity contribution in [1.29, 1.82) is 0 Å². The summed E-state index contributed by atoms with van der Waals surface area (Å²) in [7, 11) is 0. The number of amides is 3. The van der Waals surface area contributed by atoms with E-state index in [-0.39, 0.29) is 48.6 Å². The minimum atomic E-state index is -0.520. The first kappa shape index (κ1) is 13.1. The number of imide groups is 1. The summed E-state index contributed by atoms with van der Waals surface area (Å²) in [5, 5.41) is 2.53. The first-order chi connectivity index (χ1) is 9.63. The van der Waals surface area contributed by atoms with Gasteiger partial charge in [0, 0.05) is 13.1 Å². The van der Waals surface area contributed by atoms with E-state index in [0.29, 0.717) is 6.61 Å². The van der Waals surface area contributed by atoms with E-state index in [1.165, 1.54) is 4.90 Å². The first-order valence-electron chi connectivity index (χ1n) is 7.07. The van der Waals surface area contributed by atoms with Crippen LogP contribution in [0.15, 0.2) is 12.2 Å². The lowest BCUT2D eigenvalue weighted by molar-refractivity contribution is -0.140. The van der Waals surface area contributed by atoms with Gasteiger partial charge in [0.25, 0.3) is 0 Å². The molecule has 3 rings (SSSR count). The molecular formula is C14H18N2O4. The number of nitrogens with one attached hydrogen (secondary N) is 1. The Hall–Kier alpha value is -1.85. The van der Waals surface area contributed by atoms with Crippen molar-refractivity contribution in [3.05, 3.63) is 12.2 Å². The summed E-state index contributed by atoms with van der Waals surface area (Å²) in [6.07, 6.45) is 4.55. The van der Waals surface area contributed by atoms with Crippen molar-refractivity contribution in [1.82, 2.24) is 10.2 Å². The normalized spacial score (nSPS) is 33.8. The van der Waals surface area contributed by atoms with E-state index >= 15 is 0 Å². The molecule has 2 aliphatic carbocycles. The van der Waals surface area contributed by atoms with E-state index in [1.807, 2.05) is 0 Å². The molecule has 4 atom stereocenters. The number of rotatable bonds is 4. The smallest absolute Gasteiger partial charge is 0.407 e. The number of alkyl carbamates (subject to hydrolysis) is 1. The average Bonchev–Trinajstić information content (AvgIpc) is 3.08. The Bertz CT molecular complexity index is 458. The molecule has 0 spiro atoms. The molecule has 0 aromatic carbocycles. The van der Waals surface area contributed by atoms with Gasteiger partial charge >= 0.3 is 6.09 Å². The molecule has 6 nitrogen and oxygen atoms in total. The number of ether oxygens (including phenoxy) is 1. The van der Waals surface area contributed by atoms with E-state index in [2.05, 4.69) is 17.5 Å². The van der Waals surface area contributed by atoms with Gasteiger partial charge in [-0.15, -0.1) is 0 Å². The highest BCUT2D eigenvalue weighted by molar-refractivity contribution is 6.06. The summed E-state index contributed by atoms with van der Waals surface area (Å²) >= 11 is 0. The number of likely N-dealkylation sites (tertiary alicyclic amines) is 1. The van der Waals surface area contributed by atoms with Crippen LogP contribution in [0.3, 0.4) is 0 Å². The third-order valence-electron chi connectivity index (χ3n) is 4.44. The second-order valence-electron chi connectivity index (χ2n) is 5.48. The van der Waals surface area contributed by atoms with Crippen LogP contribution >= 0.6 is 0 Å². The molecule has 6 heteroatoms. The Balaban J connectivity index is 1.58. The lowest BCUT2D eigenvalue weighted by atomic mass is 9.85. The second-order valence-corrected chi connectivity index (χ2v) is 5.48. The van der Waals surface area contributed by atoms with Gasteiger partial charge in [0.15, 0.2) is 0 Å². The highest BCUT2D eigenvalue weighted by atomic mass is 16.5. The van der Waals surface area contributed by atoms with Crippen LogP contribution in [0.2, 0.25) is 0 Å². The summed E-state index contributed by atoms with van der Waals surface area (Å²) < 4.78 is 4.73. The number of hydrogen-bond donors (Lipinski definition) is 1. The van der Waals surface area contributed by atoms with E-state index in [0.717, 1.165) is 6.42 Å². The van der Waals surface area contributed by atoms with Crippen molar-refractivity contribution in [2.45, 2.75) is 13.3 Å². The van der Waals surface area contributed by atoms with Crippen LogP contribution in [-0.4, -0.2) is 42.5 Å². The number of nitrogens with zero attached hydrogens (tertiary/aromatic N) is 1. The summed E-state index contributed by atoms with van der Waals surface area (Å²) in [5.74, 6) is -0.0425. The van der Waals surface area contributed by atoms with Crippen LogP contribution < -0.4 is 5.32 Å². The Morgan fingerprint density at radius 2 is 1.90 bits per heavy atom. The summed E-state index contributed by atoms with van der Waals surface area (Å²) in [6, 6.07) is 0. The Kier molecular flexibility index (Phi) is 3.23. The second kappa shape index (κ2) is 4.92. The van der Waals surface area contributed by atoms with Gasteiger partial charge in [-0.2, -0.15) is 0 Å². The predicted octanol–water partition coefficient (Wildman–Crippen LogP) is 0.540. The SMILES string of the molecule is CCOC(=O)NCCN1C(=O)C2C3C=CC(C3)C2C1=O. The molecule has 1 saturated carbocycles. The van der Waals surface area contributed by atoms with Crippen molar-refractivity contribution in [2.24, 2.45) is 23.7 Å². The topological polar surface area (TPSA) is 75.7 Å². The standard InChI is InChI=1S/C14H18N2O4/c1-2-20-14(19)15-5-6-16-12(17)10-8-3-4-9(7-8)11(10)13(16)18/h3-4,8-11H,2,5-7H2,1H3,(H,15,19). The molecule has 2 fully saturated rings. The minimum absolute atomic E-state index is 0.0810. The van der Waals surface area contributed by atoms with Gasteiger partial charge in [0.1, 0.15) is 0 Å². The Labute approximate surface area is 117 Å². The molecule has 1 heterocycles. The summed E-state index contributed by atoms with van der Waals surface area (Å²) in [4.78, 5) is 37.1. The number of hydrogen-bond acceptors (Lipinski definition) is 4. The molecule has 1 aliphatic heterocycles. The number of fused-ring (bicyclic) bond motifs is 5.